The Morgan fingerprint density at radius 2 is 1.42 bits per heavy atom. The van der Waals surface area contributed by atoms with Crippen molar-refractivity contribution >= 4 is 11.9 Å². The van der Waals surface area contributed by atoms with Crippen LogP contribution in [-0.2, 0) is 19.1 Å². The molecular formula is C20H38O4. The Morgan fingerprint density at radius 3 is 2.08 bits per heavy atom. The summed E-state index contributed by atoms with van der Waals surface area (Å²) < 4.78 is 10.5. The first-order chi connectivity index (χ1) is 11.5. The van der Waals surface area contributed by atoms with Gasteiger partial charge in [-0.3, -0.25) is 9.59 Å². The van der Waals surface area contributed by atoms with Gasteiger partial charge in [-0.2, -0.15) is 0 Å². The molecule has 1 atom stereocenters. The van der Waals surface area contributed by atoms with Gasteiger partial charge in [0, 0.05) is 12.8 Å². The Morgan fingerprint density at radius 1 is 0.792 bits per heavy atom. The Kier molecular flexibility index (Phi) is 14.8. The number of rotatable bonds is 15. The van der Waals surface area contributed by atoms with E-state index >= 15 is 0 Å². The van der Waals surface area contributed by atoms with Gasteiger partial charge in [-0.05, 0) is 38.5 Å². The van der Waals surface area contributed by atoms with Crippen molar-refractivity contribution in [2.45, 2.75) is 104 Å². The number of unbranched alkanes of at least 4 members (excludes halogenated alkanes) is 5. The predicted molar refractivity (Wildman–Crippen MR) is 97.8 cm³/mol. The molecule has 0 aliphatic carbocycles. The summed E-state index contributed by atoms with van der Waals surface area (Å²) in [6.07, 6.45) is 10.1. The van der Waals surface area contributed by atoms with Crippen LogP contribution in [0.15, 0.2) is 0 Å². The molecule has 0 saturated carbocycles. The maximum atomic E-state index is 11.7. The fraction of sp³-hybridized carbons (Fsp3) is 0.900. The van der Waals surface area contributed by atoms with Crippen LogP contribution in [0.1, 0.15) is 98.3 Å². The second-order valence-electron chi connectivity index (χ2n) is 7.11. The largest absolute Gasteiger partial charge is 0.466 e. The first-order valence-corrected chi connectivity index (χ1v) is 9.80. The highest BCUT2D eigenvalue weighted by atomic mass is 16.5. The molecule has 0 N–H and O–H groups in total. The molecule has 0 amide bonds. The second-order valence-corrected chi connectivity index (χ2v) is 7.11. The van der Waals surface area contributed by atoms with E-state index in [4.69, 9.17) is 9.47 Å². The molecule has 4 heteroatoms. The molecule has 142 valence electrons. The molecule has 0 spiro atoms. The first-order valence-electron chi connectivity index (χ1n) is 9.80. The van der Waals surface area contributed by atoms with E-state index in [1.54, 1.807) is 0 Å². The minimum absolute atomic E-state index is 0.0421. The Balaban J connectivity index is 3.51. The van der Waals surface area contributed by atoms with E-state index in [0.29, 0.717) is 25.4 Å². The van der Waals surface area contributed by atoms with Crippen LogP contribution in [-0.4, -0.2) is 24.6 Å². The zero-order valence-electron chi connectivity index (χ0n) is 16.3. The number of carbonyl (C=O) groups excluding carboxylic acids is 2. The van der Waals surface area contributed by atoms with Crippen LogP contribution in [0, 0.1) is 5.92 Å². The summed E-state index contributed by atoms with van der Waals surface area (Å²) in [6.45, 7) is 8.94. The third-order valence-corrected chi connectivity index (χ3v) is 4.01. The van der Waals surface area contributed by atoms with Crippen LogP contribution in [0.2, 0.25) is 0 Å². The van der Waals surface area contributed by atoms with E-state index in [9.17, 15) is 9.59 Å². The number of hydrogen-bond acceptors (Lipinski definition) is 4. The van der Waals surface area contributed by atoms with Gasteiger partial charge in [0.25, 0.3) is 0 Å². The molecule has 0 fully saturated rings. The fourth-order valence-corrected chi connectivity index (χ4v) is 2.43. The molecule has 0 aromatic heterocycles. The third-order valence-electron chi connectivity index (χ3n) is 4.01. The van der Waals surface area contributed by atoms with E-state index in [2.05, 4.69) is 20.8 Å². The first kappa shape index (κ1) is 22.9. The molecular weight excluding hydrogens is 304 g/mol. The molecule has 24 heavy (non-hydrogen) atoms. The Bertz CT molecular complexity index is 326. The van der Waals surface area contributed by atoms with Crippen molar-refractivity contribution in [3.8, 4) is 0 Å². The second kappa shape index (κ2) is 15.5. The smallest absolute Gasteiger partial charge is 0.306 e. The summed E-state index contributed by atoms with van der Waals surface area (Å²) in [6, 6.07) is 0. The van der Waals surface area contributed by atoms with E-state index in [0.717, 1.165) is 25.7 Å². The topological polar surface area (TPSA) is 52.6 Å². The number of carbonyl (C=O) groups is 2. The quantitative estimate of drug-likeness (QED) is 0.294. The maximum Gasteiger partial charge on any atom is 0.306 e. The van der Waals surface area contributed by atoms with Gasteiger partial charge < -0.3 is 9.47 Å². The SMILES string of the molecule is CCCCCCCCOC(=O)CCCC(=O)OC(C)CCC(C)C. The molecule has 0 heterocycles. The van der Waals surface area contributed by atoms with Crippen LogP contribution < -0.4 is 0 Å². The molecule has 0 aromatic carbocycles. The van der Waals surface area contributed by atoms with Gasteiger partial charge >= 0.3 is 11.9 Å². The summed E-state index contributed by atoms with van der Waals surface area (Å²) in [5.74, 6) is 0.201. The van der Waals surface area contributed by atoms with Crippen molar-refractivity contribution < 1.29 is 19.1 Å². The molecule has 0 bridgehead atoms. The highest BCUT2D eigenvalue weighted by Crippen LogP contribution is 2.11. The number of esters is 2. The van der Waals surface area contributed by atoms with Gasteiger partial charge in [-0.1, -0.05) is 52.9 Å². The van der Waals surface area contributed by atoms with Gasteiger partial charge in [0.15, 0.2) is 0 Å². The maximum absolute atomic E-state index is 11.7. The highest BCUT2D eigenvalue weighted by Gasteiger charge is 2.11. The average molecular weight is 343 g/mol. The van der Waals surface area contributed by atoms with E-state index in [1.807, 2.05) is 6.92 Å². The standard InChI is InChI=1S/C20H38O4/c1-5-6-7-8-9-10-16-23-19(21)12-11-13-20(22)24-18(4)15-14-17(2)3/h17-18H,5-16H2,1-4H3. The van der Waals surface area contributed by atoms with Crippen LogP contribution in [0.25, 0.3) is 0 Å². The van der Waals surface area contributed by atoms with Gasteiger partial charge in [-0.15, -0.1) is 0 Å². The lowest BCUT2D eigenvalue weighted by Crippen LogP contribution is -2.16. The molecule has 0 aliphatic heterocycles. The van der Waals surface area contributed by atoms with Crippen LogP contribution in [0.5, 0.6) is 0 Å². The summed E-state index contributed by atoms with van der Waals surface area (Å²) in [7, 11) is 0. The molecule has 0 rings (SSSR count). The summed E-state index contributed by atoms with van der Waals surface area (Å²) in [5.41, 5.74) is 0. The van der Waals surface area contributed by atoms with E-state index < -0.39 is 0 Å². The van der Waals surface area contributed by atoms with Crippen LogP contribution in [0.4, 0.5) is 0 Å². The van der Waals surface area contributed by atoms with Gasteiger partial charge in [0.1, 0.15) is 0 Å². The van der Waals surface area contributed by atoms with Crippen LogP contribution >= 0.6 is 0 Å². The van der Waals surface area contributed by atoms with Crippen molar-refractivity contribution in [1.29, 1.82) is 0 Å². The van der Waals surface area contributed by atoms with Gasteiger partial charge in [-0.25, -0.2) is 0 Å². The average Bonchev–Trinajstić information content (AvgIpc) is 2.52. The third kappa shape index (κ3) is 15.8. The van der Waals surface area contributed by atoms with Crippen molar-refractivity contribution in [2.75, 3.05) is 6.61 Å². The number of ether oxygens (including phenoxy) is 2. The lowest BCUT2D eigenvalue weighted by atomic mass is 10.1. The minimum Gasteiger partial charge on any atom is -0.466 e. The summed E-state index contributed by atoms with van der Waals surface area (Å²) in [5, 5.41) is 0. The predicted octanol–water partition coefficient (Wildman–Crippen LogP) is 5.43. The van der Waals surface area contributed by atoms with Crippen LogP contribution in [0.3, 0.4) is 0 Å². The van der Waals surface area contributed by atoms with Gasteiger partial charge in [0.2, 0.25) is 0 Å². The zero-order chi connectivity index (χ0) is 18.2. The fourth-order valence-electron chi connectivity index (χ4n) is 2.43. The van der Waals surface area contributed by atoms with E-state index in [-0.39, 0.29) is 24.5 Å². The minimum atomic E-state index is -0.213. The Hall–Kier alpha value is -1.06. The zero-order valence-corrected chi connectivity index (χ0v) is 16.3. The lowest BCUT2D eigenvalue weighted by molar-refractivity contribution is -0.149. The van der Waals surface area contributed by atoms with Crippen molar-refractivity contribution in [3.63, 3.8) is 0 Å². The summed E-state index contributed by atoms with van der Waals surface area (Å²) in [4.78, 5) is 23.3. The van der Waals surface area contributed by atoms with Crippen molar-refractivity contribution in [3.05, 3.63) is 0 Å². The van der Waals surface area contributed by atoms with Gasteiger partial charge in [0.05, 0.1) is 12.7 Å². The lowest BCUT2D eigenvalue weighted by Gasteiger charge is -2.14. The summed E-state index contributed by atoms with van der Waals surface area (Å²) >= 11 is 0. The Labute approximate surface area is 148 Å². The van der Waals surface area contributed by atoms with Crippen molar-refractivity contribution in [2.24, 2.45) is 5.92 Å². The normalized spacial score (nSPS) is 12.2. The highest BCUT2D eigenvalue weighted by molar-refractivity contribution is 5.72. The molecule has 0 aromatic rings. The van der Waals surface area contributed by atoms with Crippen molar-refractivity contribution in [1.82, 2.24) is 0 Å². The molecule has 1 unspecified atom stereocenters. The van der Waals surface area contributed by atoms with E-state index in [1.165, 1.54) is 25.7 Å². The monoisotopic (exact) mass is 342 g/mol. The molecule has 4 nitrogen and oxygen atoms in total. The molecule has 0 radical (unpaired) electrons. The number of hydrogen-bond donors (Lipinski definition) is 0. The molecule has 0 saturated heterocycles. The molecule has 0 aliphatic rings.